The Hall–Kier alpha value is -0.470. The van der Waals surface area contributed by atoms with Crippen LogP contribution in [0.5, 0.6) is 0 Å². The highest BCUT2D eigenvalue weighted by Gasteiger charge is 2.43. The minimum atomic E-state index is -0.906. The molecule has 0 radical (unpaired) electrons. The van der Waals surface area contributed by atoms with Gasteiger partial charge >= 0.3 is 0 Å². The SMILES string of the molecule is O=C1CC(CF)(CF)C1. The molecule has 9 heavy (non-hydrogen) atoms. The number of halogens is 2. The topological polar surface area (TPSA) is 17.1 Å². The molecule has 0 bridgehead atoms. The molecule has 0 unspecified atom stereocenters. The zero-order chi connectivity index (χ0) is 6.91. The highest BCUT2D eigenvalue weighted by Crippen LogP contribution is 2.38. The summed E-state index contributed by atoms with van der Waals surface area (Å²) in [6.07, 6.45) is 0.194. The lowest BCUT2D eigenvalue weighted by Gasteiger charge is -2.34. The zero-order valence-electron chi connectivity index (χ0n) is 4.99. The highest BCUT2D eigenvalue weighted by molar-refractivity contribution is 5.86. The Morgan fingerprint density at radius 3 is 1.89 bits per heavy atom. The molecule has 0 saturated heterocycles. The Morgan fingerprint density at radius 1 is 1.33 bits per heavy atom. The van der Waals surface area contributed by atoms with Gasteiger partial charge in [-0.05, 0) is 0 Å². The molecule has 0 atom stereocenters. The van der Waals surface area contributed by atoms with Gasteiger partial charge in [0.1, 0.15) is 5.78 Å². The van der Waals surface area contributed by atoms with Crippen LogP contribution in [0.2, 0.25) is 0 Å². The Kier molecular flexibility index (Phi) is 1.51. The van der Waals surface area contributed by atoms with Crippen molar-refractivity contribution in [2.24, 2.45) is 5.41 Å². The molecular weight excluding hydrogens is 126 g/mol. The van der Waals surface area contributed by atoms with Crippen molar-refractivity contribution in [3.8, 4) is 0 Å². The molecule has 0 aromatic carbocycles. The second-order valence-electron chi connectivity index (χ2n) is 2.66. The summed E-state index contributed by atoms with van der Waals surface area (Å²) in [5, 5.41) is 0. The number of rotatable bonds is 2. The highest BCUT2D eigenvalue weighted by atomic mass is 19.1. The zero-order valence-corrected chi connectivity index (χ0v) is 4.99. The van der Waals surface area contributed by atoms with E-state index >= 15 is 0 Å². The van der Waals surface area contributed by atoms with E-state index in [0.717, 1.165) is 0 Å². The van der Waals surface area contributed by atoms with Gasteiger partial charge in [-0.15, -0.1) is 0 Å². The molecule has 1 rings (SSSR count). The molecular formula is C6H8F2O. The third kappa shape index (κ3) is 0.955. The molecule has 1 nitrogen and oxygen atoms in total. The summed E-state index contributed by atoms with van der Waals surface area (Å²) in [6.45, 7) is -1.40. The smallest absolute Gasteiger partial charge is 0.134 e. The van der Waals surface area contributed by atoms with Crippen LogP contribution in [-0.4, -0.2) is 19.1 Å². The fourth-order valence-electron chi connectivity index (χ4n) is 1.01. The number of alkyl halides is 2. The first-order chi connectivity index (χ1) is 4.22. The maximum Gasteiger partial charge on any atom is 0.134 e. The molecule has 0 aromatic rings. The van der Waals surface area contributed by atoms with Crippen LogP contribution in [0.15, 0.2) is 0 Å². The van der Waals surface area contributed by atoms with Crippen LogP contribution in [0.1, 0.15) is 12.8 Å². The molecule has 0 spiro atoms. The molecule has 0 N–H and O–H groups in total. The molecule has 52 valence electrons. The maximum absolute atomic E-state index is 11.9. The summed E-state index contributed by atoms with van der Waals surface area (Å²) in [5.74, 6) is -0.0229. The lowest BCUT2D eigenvalue weighted by Crippen LogP contribution is -2.41. The number of hydrogen-bond donors (Lipinski definition) is 0. The quantitative estimate of drug-likeness (QED) is 0.556. The van der Waals surface area contributed by atoms with Gasteiger partial charge in [-0.25, -0.2) is 0 Å². The monoisotopic (exact) mass is 134 g/mol. The van der Waals surface area contributed by atoms with E-state index in [1.165, 1.54) is 0 Å². The van der Waals surface area contributed by atoms with E-state index in [2.05, 4.69) is 0 Å². The van der Waals surface area contributed by atoms with Gasteiger partial charge in [0.2, 0.25) is 0 Å². The Morgan fingerprint density at radius 2 is 1.78 bits per heavy atom. The van der Waals surface area contributed by atoms with Crippen LogP contribution in [0, 0.1) is 5.41 Å². The fraction of sp³-hybridized carbons (Fsp3) is 0.833. The maximum atomic E-state index is 11.9. The van der Waals surface area contributed by atoms with Gasteiger partial charge in [0.05, 0.1) is 13.3 Å². The second kappa shape index (κ2) is 2.05. The van der Waals surface area contributed by atoms with Crippen LogP contribution in [-0.2, 0) is 4.79 Å². The fourth-order valence-corrected chi connectivity index (χ4v) is 1.01. The molecule has 1 aliphatic carbocycles. The molecule has 0 amide bonds. The van der Waals surface area contributed by atoms with Crippen LogP contribution >= 0.6 is 0 Å². The van der Waals surface area contributed by atoms with E-state index in [4.69, 9.17) is 0 Å². The lowest BCUT2D eigenvalue weighted by molar-refractivity contribution is -0.135. The number of carbonyl (C=O) groups is 1. The minimum Gasteiger partial charge on any atom is -0.300 e. The first-order valence-electron chi connectivity index (χ1n) is 2.86. The Balaban J connectivity index is 2.44. The standard InChI is InChI=1S/C6H8F2O/c7-3-6(4-8)1-5(9)2-6/h1-4H2. The van der Waals surface area contributed by atoms with Gasteiger partial charge in [0.15, 0.2) is 0 Å². The average Bonchev–Trinajstić information content (AvgIpc) is 1.81. The molecule has 1 fully saturated rings. The van der Waals surface area contributed by atoms with Gasteiger partial charge in [-0.2, -0.15) is 0 Å². The normalized spacial score (nSPS) is 23.6. The second-order valence-corrected chi connectivity index (χ2v) is 2.66. The van der Waals surface area contributed by atoms with E-state index in [0.29, 0.717) is 0 Å². The van der Waals surface area contributed by atoms with Gasteiger partial charge in [0.25, 0.3) is 0 Å². The summed E-state index contributed by atoms with van der Waals surface area (Å²) >= 11 is 0. The molecule has 0 aliphatic heterocycles. The predicted molar refractivity (Wildman–Crippen MR) is 28.6 cm³/mol. The van der Waals surface area contributed by atoms with Crippen molar-refractivity contribution in [3.05, 3.63) is 0 Å². The van der Waals surface area contributed by atoms with Crippen LogP contribution in [0.4, 0.5) is 8.78 Å². The van der Waals surface area contributed by atoms with Crippen molar-refractivity contribution < 1.29 is 13.6 Å². The van der Waals surface area contributed by atoms with Crippen molar-refractivity contribution in [2.75, 3.05) is 13.3 Å². The van der Waals surface area contributed by atoms with Gasteiger partial charge in [-0.3, -0.25) is 13.6 Å². The van der Waals surface area contributed by atoms with Crippen LogP contribution < -0.4 is 0 Å². The summed E-state index contributed by atoms with van der Waals surface area (Å²) < 4.78 is 23.7. The van der Waals surface area contributed by atoms with Crippen molar-refractivity contribution in [2.45, 2.75) is 12.8 Å². The third-order valence-corrected chi connectivity index (χ3v) is 1.71. The molecule has 1 aliphatic rings. The van der Waals surface area contributed by atoms with Gasteiger partial charge in [0, 0.05) is 18.3 Å². The van der Waals surface area contributed by atoms with E-state index < -0.39 is 18.8 Å². The van der Waals surface area contributed by atoms with Gasteiger partial charge in [-0.1, -0.05) is 0 Å². The van der Waals surface area contributed by atoms with Crippen molar-refractivity contribution >= 4 is 5.78 Å². The largest absolute Gasteiger partial charge is 0.300 e. The predicted octanol–water partition coefficient (Wildman–Crippen LogP) is 1.27. The van der Waals surface area contributed by atoms with Crippen molar-refractivity contribution in [3.63, 3.8) is 0 Å². The van der Waals surface area contributed by atoms with Crippen molar-refractivity contribution in [1.29, 1.82) is 0 Å². The Bertz CT molecular complexity index is 119. The van der Waals surface area contributed by atoms with E-state index in [9.17, 15) is 13.6 Å². The number of ketones is 1. The molecule has 1 saturated carbocycles. The summed E-state index contributed by atoms with van der Waals surface area (Å²) in [7, 11) is 0. The summed E-state index contributed by atoms with van der Waals surface area (Å²) in [5.41, 5.74) is -0.906. The van der Waals surface area contributed by atoms with E-state index in [1.807, 2.05) is 0 Å². The molecule has 3 heteroatoms. The number of hydrogen-bond acceptors (Lipinski definition) is 1. The Labute approximate surface area is 52.1 Å². The summed E-state index contributed by atoms with van der Waals surface area (Å²) in [4.78, 5) is 10.3. The van der Waals surface area contributed by atoms with E-state index in [1.54, 1.807) is 0 Å². The van der Waals surface area contributed by atoms with Crippen molar-refractivity contribution in [1.82, 2.24) is 0 Å². The third-order valence-electron chi connectivity index (χ3n) is 1.71. The first kappa shape index (κ1) is 6.65. The summed E-state index contributed by atoms with van der Waals surface area (Å²) in [6, 6.07) is 0. The molecule has 0 heterocycles. The lowest BCUT2D eigenvalue weighted by atomic mass is 9.70. The molecule has 0 aromatic heterocycles. The number of carbonyl (C=O) groups excluding carboxylic acids is 1. The first-order valence-corrected chi connectivity index (χ1v) is 2.86. The van der Waals surface area contributed by atoms with Crippen LogP contribution in [0.3, 0.4) is 0 Å². The average molecular weight is 134 g/mol. The van der Waals surface area contributed by atoms with E-state index in [-0.39, 0.29) is 18.6 Å². The minimum absolute atomic E-state index is 0.0229. The van der Waals surface area contributed by atoms with Gasteiger partial charge < -0.3 is 0 Å². The van der Waals surface area contributed by atoms with Crippen LogP contribution in [0.25, 0.3) is 0 Å². The number of Topliss-reactive ketones (excluding diaryl/α,β-unsaturated/α-hetero) is 1.